The fourth-order valence-corrected chi connectivity index (χ4v) is 1.80. The third-order valence-electron chi connectivity index (χ3n) is 2.76. The first-order valence-electron chi connectivity index (χ1n) is 5.85. The summed E-state index contributed by atoms with van der Waals surface area (Å²) in [7, 11) is 1.42. The summed E-state index contributed by atoms with van der Waals surface area (Å²) in [6.07, 6.45) is -2.54. The molecule has 2 atom stereocenters. The lowest BCUT2D eigenvalue weighted by Crippen LogP contribution is -2.20. The lowest BCUT2D eigenvalue weighted by molar-refractivity contribution is -0.136. The van der Waals surface area contributed by atoms with Gasteiger partial charge in [0.1, 0.15) is 11.9 Å². The quantitative estimate of drug-likeness (QED) is 0.560. The molecule has 0 aliphatic carbocycles. The van der Waals surface area contributed by atoms with Crippen molar-refractivity contribution in [2.24, 2.45) is 0 Å². The van der Waals surface area contributed by atoms with Crippen molar-refractivity contribution in [1.82, 2.24) is 0 Å². The molecule has 1 aromatic carbocycles. The topological polar surface area (TPSA) is 107 Å². The van der Waals surface area contributed by atoms with Crippen molar-refractivity contribution in [3.8, 4) is 5.75 Å². The summed E-state index contributed by atoms with van der Waals surface area (Å²) in [4.78, 5) is 10.7. The number of rotatable bonds is 7. The second kappa shape index (κ2) is 7.08. The lowest BCUT2D eigenvalue weighted by Gasteiger charge is -2.20. The summed E-state index contributed by atoms with van der Waals surface area (Å²) in [6, 6.07) is 4.61. The average Bonchev–Trinajstić information content (AvgIpc) is 2.37. The van der Waals surface area contributed by atoms with Crippen molar-refractivity contribution in [2.75, 3.05) is 13.7 Å². The minimum absolute atomic E-state index is 0.0213. The first-order chi connectivity index (χ1) is 8.99. The number of aliphatic hydroxyl groups excluding tert-OH is 3. The molecule has 1 aromatic rings. The largest absolute Gasteiger partial charge is 0.496 e. The number of hydrogen-bond acceptors (Lipinski definition) is 5. The van der Waals surface area contributed by atoms with Crippen LogP contribution in [0.5, 0.6) is 5.75 Å². The first kappa shape index (κ1) is 15.4. The molecule has 0 saturated heterocycles. The smallest absolute Gasteiger partial charge is 0.307 e. The fraction of sp³-hybridized carbons (Fsp3) is 0.462. The highest BCUT2D eigenvalue weighted by Crippen LogP contribution is 2.29. The van der Waals surface area contributed by atoms with Crippen molar-refractivity contribution in [3.05, 3.63) is 29.3 Å². The molecule has 4 N–H and O–H groups in total. The molecule has 0 amide bonds. The molecule has 6 nitrogen and oxygen atoms in total. The second-order valence-corrected chi connectivity index (χ2v) is 4.17. The number of ether oxygens (including phenoxy) is 1. The predicted molar refractivity (Wildman–Crippen MR) is 67.0 cm³/mol. The number of hydrogen-bond donors (Lipinski definition) is 4. The van der Waals surface area contributed by atoms with E-state index in [2.05, 4.69) is 0 Å². The van der Waals surface area contributed by atoms with Crippen LogP contribution in [-0.4, -0.2) is 46.2 Å². The van der Waals surface area contributed by atoms with Gasteiger partial charge in [-0.2, -0.15) is 0 Å². The zero-order valence-electron chi connectivity index (χ0n) is 10.6. The number of aliphatic hydroxyl groups is 3. The van der Waals surface area contributed by atoms with Gasteiger partial charge in [-0.3, -0.25) is 4.79 Å². The summed E-state index contributed by atoms with van der Waals surface area (Å²) < 4.78 is 5.07. The van der Waals surface area contributed by atoms with E-state index in [1.54, 1.807) is 12.1 Å². The van der Waals surface area contributed by atoms with E-state index < -0.39 is 18.2 Å². The lowest BCUT2D eigenvalue weighted by atomic mass is 9.98. The predicted octanol–water partition coefficient (Wildman–Crippen LogP) is 0.0990. The summed E-state index contributed by atoms with van der Waals surface area (Å²) in [5, 5.41) is 37.2. The molecule has 0 fully saturated rings. The minimum atomic E-state index is -1.24. The number of methoxy groups -OCH3 is 1. The van der Waals surface area contributed by atoms with Gasteiger partial charge in [-0.1, -0.05) is 6.07 Å². The highest BCUT2D eigenvalue weighted by Gasteiger charge is 2.22. The van der Waals surface area contributed by atoms with Gasteiger partial charge in [-0.25, -0.2) is 0 Å². The molecule has 2 unspecified atom stereocenters. The van der Waals surface area contributed by atoms with Crippen molar-refractivity contribution < 1.29 is 30.0 Å². The Morgan fingerprint density at radius 3 is 2.58 bits per heavy atom. The Hall–Kier alpha value is -1.63. The maximum Gasteiger partial charge on any atom is 0.307 e. The Kier molecular flexibility index (Phi) is 5.75. The Bertz CT molecular complexity index is 431. The van der Waals surface area contributed by atoms with E-state index in [9.17, 15) is 15.0 Å². The van der Waals surface area contributed by atoms with Gasteiger partial charge in [0.15, 0.2) is 0 Å². The van der Waals surface area contributed by atoms with Crippen molar-refractivity contribution in [1.29, 1.82) is 0 Å². The number of carboxylic acids is 1. The third-order valence-corrected chi connectivity index (χ3v) is 2.76. The van der Waals surface area contributed by atoms with Gasteiger partial charge in [0.2, 0.25) is 0 Å². The Morgan fingerprint density at radius 2 is 2.05 bits per heavy atom. The molecule has 0 spiro atoms. The Labute approximate surface area is 110 Å². The summed E-state index contributed by atoms with van der Waals surface area (Å²) >= 11 is 0. The van der Waals surface area contributed by atoms with Gasteiger partial charge in [-0.15, -0.1) is 0 Å². The normalized spacial score (nSPS) is 13.9. The third kappa shape index (κ3) is 4.20. The van der Waals surface area contributed by atoms with E-state index in [0.29, 0.717) is 16.9 Å². The van der Waals surface area contributed by atoms with Crippen molar-refractivity contribution in [2.45, 2.75) is 25.0 Å². The van der Waals surface area contributed by atoms with Gasteiger partial charge < -0.3 is 25.2 Å². The highest BCUT2D eigenvalue weighted by molar-refractivity contribution is 5.70. The van der Waals surface area contributed by atoms with Crippen LogP contribution >= 0.6 is 0 Å². The van der Waals surface area contributed by atoms with Crippen LogP contribution in [0.15, 0.2) is 18.2 Å². The minimum Gasteiger partial charge on any atom is -0.496 e. The van der Waals surface area contributed by atoms with Gasteiger partial charge in [0.25, 0.3) is 0 Å². The zero-order valence-corrected chi connectivity index (χ0v) is 10.6. The van der Waals surface area contributed by atoms with Crippen LogP contribution < -0.4 is 4.74 Å². The van der Waals surface area contributed by atoms with E-state index >= 15 is 0 Å². The van der Waals surface area contributed by atoms with Gasteiger partial charge in [0.05, 0.1) is 19.6 Å². The molecule has 0 saturated carbocycles. The molecule has 0 aliphatic heterocycles. The molecule has 0 radical (unpaired) electrons. The monoisotopic (exact) mass is 270 g/mol. The average molecular weight is 270 g/mol. The van der Waals surface area contributed by atoms with E-state index in [0.717, 1.165) is 0 Å². The summed E-state index contributed by atoms with van der Waals surface area (Å²) in [6.45, 7) is -0.255. The van der Waals surface area contributed by atoms with E-state index in [1.165, 1.54) is 13.2 Å². The van der Waals surface area contributed by atoms with Crippen LogP contribution in [0.2, 0.25) is 0 Å². The summed E-state index contributed by atoms with van der Waals surface area (Å²) in [5.41, 5.74) is 0.806. The van der Waals surface area contributed by atoms with Gasteiger partial charge in [0, 0.05) is 12.2 Å². The standard InChI is InChI=1S/C13H18O6/c1-19-11-3-2-8(7-12(16)17)6-9(11)13(18)10(15)4-5-14/h2-3,6,10,13-15,18H,4-5,7H2,1H3,(H,16,17). The van der Waals surface area contributed by atoms with Crippen LogP contribution in [-0.2, 0) is 11.2 Å². The molecule has 19 heavy (non-hydrogen) atoms. The van der Waals surface area contributed by atoms with E-state index in [-0.39, 0.29) is 19.4 Å². The highest BCUT2D eigenvalue weighted by atomic mass is 16.5. The molecular formula is C13H18O6. The van der Waals surface area contributed by atoms with Crippen LogP contribution in [0, 0.1) is 0 Å². The molecule has 6 heteroatoms. The second-order valence-electron chi connectivity index (χ2n) is 4.17. The molecular weight excluding hydrogens is 252 g/mol. The van der Waals surface area contributed by atoms with Gasteiger partial charge in [-0.05, 0) is 24.1 Å². The van der Waals surface area contributed by atoms with Crippen molar-refractivity contribution in [3.63, 3.8) is 0 Å². The molecule has 0 aromatic heterocycles. The maximum absolute atomic E-state index is 10.7. The van der Waals surface area contributed by atoms with Crippen LogP contribution in [0.4, 0.5) is 0 Å². The Morgan fingerprint density at radius 1 is 1.37 bits per heavy atom. The van der Waals surface area contributed by atoms with Crippen LogP contribution in [0.25, 0.3) is 0 Å². The van der Waals surface area contributed by atoms with Crippen LogP contribution in [0.3, 0.4) is 0 Å². The first-order valence-corrected chi connectivity index (χ1v) is 5.85. The number of carbonyl (C=O) groups is 1. The molecule has 0 bridgehead atoms. The molecule has 0 heterocycles. The van der Waals surface area contributed by atoms with E-state index in [4.69, 9.17) is 14.9 Å². The maximum atomic E-state index is 10.7. The fourth-order valence-electron chi connectivity index (χ4n) is 1.80. The molecule has 106 valence electrons. The molecule has 0 aliphatic rings. The summed E-state index contributed by atoms with van der Waals surface area (Å²) in [5.74, 6) is -0.625. The van der Waals surface area contributed by atoms with E-state index in [1.807, 2.05) is 0 Å². The molecule has 1 rings (SSSR count). The number of aliphatic carboxylic acids is 1. The zero-order chi connectivity index (χ0) is 14.4. The number of carboxylic acid groups (broad SMARTS) is 1. The Balaban J connectivity index is 3.04. The van der Waals surface area contributed by atoms with Crippen molar-refractivity contribution >= 4 is 5.97 Å². The number of benzene rings is 1. The SMILES string of the molecule is COc1ccc(CC(=O)O)cc1C(O)C(O)CCO. The van der Waals surface area contributed by atoms with Crippen LogP contribution in [0.1, 0.15) is 23.7 Å². The van der Waals surface area contributed by atoms with Gasteiger partial charge >= 0.3 is 5.97 Å².